The molecule has 2 aliphatic heterocycles. The molecule has 3 heterocycles. The van der Waals surface area contributed by atoms with Crippen molar-refractivity contribution in [3.8, 4) is 0 Å². The van der Waals surface area contributed by atoms with Crippen LogP contribution >= 0.6 is 11.6 Å². The lowest BCUT2D eigenvalue weighted by Crippen LogP contribution is -2.43. The molecule has 2 bridgehead atoms. The minimum atomic E-state index is 0.402. The van der Waals surface area contributed by atoms with Crippen molar-refractivity contribution in [1.82, 2.24) is 9.97 Å². The van der Waals surface area contributed by atoms with E-state index in [2.05, 4.69) is 45.5 Å². The Hall–Kier alpha value is -2.59. The van der Waals surface area contributed by atoms with Crippen molar-refractivity contribution >= 4 is 29.1 Å². The van der Waals surface area contributed by atoms with Crippen LogP contribution in [-0.2, 0) is 0 Å². The molecule has 3 aromatic rings. The minimum absolute atomic E-state index is 0.402. The van der Waals surface area contributed by atoms with Crippen LogP contribution < -0.4 is 10.2 Å². The first-order valence-corrected chi connectivity index (χ1v) is 9.79. The first kappa shape index (κ1) is 16.6. The van der Waals surface area contributed by atoms with Gasteiger partial charge in [0.25, 0.3) is 0 Å². The molecule has 1 aliphatic carbocycles. The van der Waals surface area contributed by atoms with Gasteiger partial charge in [0, 0.05) is 34.9 Å². The average Bonchev–Trinajstić information content (AvgIpc) is 2.68. The van der Waals surface area contributed by atoms with Crippen LogP contribution in [-0.4, -0.2) is 16.5 Å². The van der Waals surface area contributed by atoms with Crippen LogP contribution in [0.1, 0.15) is 41.6 Å². The second kappa shape index (κ2) is 6.54. The number of hydrogen-bond acceptors (Lipinski definition) is 4. The first-order chi connectivity index (χ1) is 13.2. The standard InChI is InChI=1S/C22H21ClN4/c1-14-11-21(26-22(24-14)25-17-6-4-5-16(23)12-17)27-13-15-9-10-20(27)19-8-3-2-7-18(15)19/h2-8,11-12,15,20H,9-10,13H2,1H3,(H,24,25,26)/t15-,20+/m1/s1. The maximum absolute atomic E-state index is 6.10. The number of nitrogens with one attached hydrogen (secondary N) is 1. The molecule has 6 rings (SSSR count). The zero-order valence-corrected chi connectivity index (χ0v) is 15.9. The summed E-state index contributed by atoms with van der Waals surface area (Å²) >= 11 is 6.10. The molecule has 0 radical (unpaired) electrons. The number of nitrogens with zero attached hydrogens (tertiary/aromatic N) is 3. The number of piperidine rings is 1. The number of fused-ring (bicyclic) bond motifs is 2. The maximum Gasteiger partial charge on any atom is 0.229 e. The third kappa shape index (κ3) is 3.04. The summed E-state index contributed by atoms with van der Waals surface area (Å²) in [6.45, 7) is 3.04. The topological polar surface area (TPSA) is 41.1 Å². The summed E-state index contributed by atoms with van der Waals surface area (Å²) in [5.41, 5.74) is 4.83. The van der Waals surface area contributed by atoms with Crippen molar-refractivity contribution in [2.45, 2.75) is 31.7 Å². The average molecular weight is 377 g/mol. The summed E-state index contributed by atoms with van der Waals surface area (Å²) in [5.74, 6) is 2.20. The van der Waals surface area contributed by atoms with Gasteiger partial charge in [0.1, 0.15) is 5.82 Å². The second-order valence-electron chi connectivity index (χ2n) is 7.40. The number of benzene rings is 2. The van der Waals surface area contributed by atoms with Gasteiger partial charge in [-0.25, -0.2) is 4.98 Å². The van der Waals surface area contributed by atoms with Crippen LogP contribution in [0.4, 0.5) is 17.5 Å². The van der Waals surface area contributed by atoms with E-state index >= 15 is 0 Å². The Labute approximate surface area is 164 Å². The number of aromatic nitrogens is 2. The van der Waals surface area contributed by atoms with E-state index in [1.807, 2.05) is 31.2 Å². The molecule has 2 atom stereocenters. The van der Waals surface area contributed by atoms with Crippen LogP contribution in [0.3, 0.4) is 0 Å². The fourth-order valence-corrected chi connectivity index (χ4v) is 4.63. The molecule has 0 unspecified atom stereocenters. The van der Waals surface area contributed by atoms with E-state index in [0.29, 0.717) is 22.9 Å². The molecule has 3 aliphatic rings. The molecule has 1 N–H and O–H groups in total. The van der Waals surface area contributed by atoms with E-state index in [4.69, 9.17) is 16.6 Å². The van der Waals surface area contributed by atoms with Gasteiger partial charge in [-0.05, 0) is 49.1 Å². The summed E-state index contributed by atoms with van der Waals surface area (Å²) < 4.78 is 0. The molecule has 1 fully saturated rings. The van der Waals surface area contributed by atoms with Gasteiger partial charge in [-0.2, -0.15) is 4.98 Å². The quantitative estimate of drug-likeness (QED) is 0.644. The molecule has 5 heteroatoms. The monoisotopic (exact) mass is 376 g/mol. The highest BCUT2D eigenvalue weighted by molar-refractivity contribution is 6.30. The summed E-state index contributed by atoms with van der Waals surface area (Å²) in [4.78, 5) is 11.9. The number of rotatable bonds is 3. The lowest BCUT2D eigenvalue weighted by molar-refractivity contribution is 0.387. The highest BCUT2D eigenvalue weighted by Gasteiger charge is 2.38. The van der Waals surface area contributed by atoms with Crippen LogP contribution in [0, 0.1) is 6.92 Å². The van der Waals surface area contributed by atoms with Gasteiger partial charge >= 0.3 is 0 Å². The number of aryl methyl sites for hydroxylation is 1. The highest BCUT2D eigenvalue weighted by Crippen LogP contribution is 2.47. The zero-order chi connectivity index (χ0) is 18.4. The molecule has 1 saturated heterocycles. The van der Waals surface area contributed by atoms with Crippen LogP contribution in [0.5, 0.6) is 0 Å². The predicted octanol–water partition coefficient (Wildman–Crippen LogP) is 5.62. The van der Waals surface area contributed by atoms with Gasteiger partial charge in [0.05, 0.1) is 6.04 Å². The molecule has 1 aromatic heterocycles. The fourth-order valence-electron chi connectivity index (χ4n) is 4.44. The van der Waals surface area contributed by atoms with E-state index in [9.17, 15) is 0 Å². The number of halogens is 1. The third-order valence-corrected chi connectivity index (χ3v) is 5.83. The Bertz CT molecular complexity index is 1000. The van der Waals surface area contributed by atoms with Crippen molar-refractivity contribution < 1.29 is 0 Å². The Morgan fingerprint density at radius 3 is 2.70 bits per heavy atom. The molecule has 0 saturated carbocycles. The van der Waals surface area contributed by atoms with Crippen molar-refractivity contribution in [3.05, 3.63) is 76.4 Å². The molecule has 4 nitrogen and oxygen atoms in total. The zero-order valence-electron chi connectivity index (χ0n) is 15.2. The van der Waals surface area contributed by atoms with Gasteiger partial charge in [0.2, 0.25) is 5.95 Å². The lowest BCUT2D eigenvalue weighted by atomic mass is 9.75. The lowest BCUT2D eigenvalue weighted by Gasteiger charge is -2.47. The Kier molecular flexibility index (Phi) is 4.01. The summed E-state index contributed by atoms with van der Waals surface area (Å²) in [6.07, 6.45) is 2.44. The molecular formula is C22H21ClN4. The smallest absolute Gasteiger partial charge is 0.229 e. The first-order valence-electron chi connectivity index (χ1n) is 9.41. The van der Waals surface area contributed by atoms with Crippen LogP contribution in [0.25, 0.3) is 0 Å². The van der Waals surface area contributed by atoms with E-state index in [-0.39, 0.29) is 0 Å². The van der Waals surface area contributed by atoms with Gasteiger partial charge in [-0.1, -0.05) is 41.9 Å². The van der Waals surface area contributed by atoms with Crippen LogP contribution in [0.15, 0.2) is 54.6 Å². The molecule has 0 spiro atoms. The predicted molar refractivity (Wildman–Crippen MR) is 110 cm³/mol. The van der Waals surface area contributed by atoms with E-state index < -0.39 is 0 Å². The maximum atomic E-state index is 6.10. The largest absolute Gasteiger partial charge is 0.349 e. The van der Waals surface area contributed by atoms with Gasteiger partial charge < -0.3 is 10.2 Å². The molecular weight excluding hydrogens is 356 g/mol. The molecule has 0 amide bonds. The Morgan fingerprint density at radius 2 is 1.85 bits per heavy atom. The summed E-state index contributed by atoms with van der Waals surface area (Å²) in [5, 5.41) is 3.99. The summed E-state index contributed by atoms with van der Waals surface area (Å²) in [7, 11) is 0. The van der Waals surface area contributed by atoms with Crippen LogP contribution in [0.2, 0.25) is 5.02 Å². The van der Waals surface area contributed by atoms with E-state index in [1.54, 1.807) is 0 Å². The van der Waals surface area contributed by atoms with Gasteiger partial charge in [-0.15, -0.1) is 0 Å². The molecule has 2 aromatic carbocycles. The Morgan fingerprint density at radius 1 is 1.00 bits per heavy atom. The van der Waals surface area contributed by atoms with Gasteiger partial charge in [-0.3, -0.25) is 0 Å². The minimum Gasteiger partial charge on any atom is -0.349 e. The highest BCUT2D eigenvalue weighted by atomic mass is 35.5. The fraction of sp³-hybridized carbons (Fsp3) is 0.273. The number of hydrogen-bond donors (Lipinski definition) is 1. The van der Waals surface area contributed by atoms with E-state index in [1.165, 1.54) is 24.0 Å². The van der Waals surface area contributed by atoms with Crippen molar-refractivity contribution in [2.24, 2.45) is 0 Å². The van der Waals surface area contributed by atoms with Crippen molar-refractivity contribution in [2.75, 3.05) is 16.8 Å². The van der Waals surface area contributed by atoms with Gasteiger partial charge in [0.15, 0.2) is 0 Å². The van der Waals surface area contributed by atoms with Crippen molar-refractivity contribution in [1.29, 1.82) is 0 Å². The summed E-state index contributed by atoms with van der Waals surface area (Å²) in [6, 6.07) is 19.0. The Balaban J connectivity index is 1.49. The SMILES string of the molecule is Cc1cc(N2C[C@H]3CC[C@H]2c2ccccc23)nc(Nc2cccc(Cl)c2)n1. The molecule has 136 valence electrons. The van der Waals surface area contributed by atoms with Crippen molar-refractivity contribution in [3.63, 3.8) is 0 Å². The molecule has 27 heavy (non-hydrogen) atoms. The second-order valence-corrected chi connectivity index (χ2v) is 7.83. The normalized spacial score (nSPS) is 20.4. The number of anilines is 3. The van der Waals surface area contributed by atoms with E-state index in [0.717, 1.165) is 23.7 Å². The third-order valence-electron chi connectivity index (χ3n) is 5.59.